The van der Waals surface area contributed by atoms with Gasteiger partial charge in [0.2, 0.25) is 13.4 Å². The zero-order chi connectivity index (χ0) is 28.1. The predicted octanol–water partition coefficient (Wildman–Crippen LogP) is 5.23. The number of fused-ring (bicyclic) bond motifs is 2. The Bertz CT molecular complexity index is 1180. The number of halogens is 12. The first kappa shape index (κ1) is 30.6. The molecular weight excluding hydrogens is 514 g/mol. The summed E-state index contributed by atoms with van der Waals surface area (Å²) in [5, 5.41) is 0. The summed E-state index contributed by atoms with van der Waals surface area (Å²) in [6.07, 6.45) is -1.90. The van der Waals surface area contributed by atoms with Crippen molar-refractivity contribution < 1.29 is 53.1 Å². The average molecular weight is 526 g/mol. The zero-order valence-corrected chi connectivity index (χ0v) is 18.7. The van der Waals surface area contributed by atoms with Gasteiger partial charge in [-0.25, -0.2) is 35.1 Å². The van der Waals surface area contributed by atoms with Gasteiger partial charge in [-0.2, -0.15) is 8.78 Å². The second kappa shape index (κ2) is 12.5. The molecule has 14 heteroatoms. The predicted molar refractivity (Wildman–Crippen MR) is 111 cm³/mol. The molecule has 0 aliphatic carbocycles. The minimum absolute atomic E-state index is 0.754. The highest BCUT2D eigenvalue weighted by Crippen LogP contribution is 2.19. The maximum Gasteiger partial charge on any atom is 0.321 e. The third-order valence-corrected chi connectivity index (χ3v) is 4.95. The van der Waals surface area contributed by atoms with Crippen LogP contribution in [0.4, 0.5) is 53.1 Å². The van der Waals surface area contributed by atoms with Gasteiger partial charge < -0.3 is 0 Å². The van der Waals surface area contributed by atoms with Crippen LogP contribution in [0.5, 0.6) is 0 Å². The van der Waals surface area contributed by atoms with E-state index < -0.39 is 87.9 Å². The van der Waals surface area contributed by atoms with E-state index in [-0.39, 0.29) is 0 Å². The zero-order valence-electron chi connectivity index (χ0n) is 18.7. The normalized spacial score (nSPS) is 10.8. The first-order chi connectivity index (χ1) is 16.7. The Morgan fingerprint density at radius 3 is 0.972 bits per heavy atom. The van der Waals surface area contributed by atoms with Gasteiger partial charge in [0.05, 0.1) is 0 Å². The first-order valence-corrected chi connectivity index (χ1v) is 9.59. The first-order valence-electron chi connectivity index (χ1n) is 9.59. The largest absolute Gasteiger partial charge is 0.321 e. The van der Waals surface area contributed by atoms with Gasteiger partial charge in [-0.15, -0.1) is 0 Å². The minimum Gasteiger partial charge on any atom is -0.204 e. The van der Waals surface area contributed by atoms with Crippen molar-refractivity contribution in [2.45, 2.75) is 27.5 Å². The molecule has 1 aliphatic heterocycles. The van der Waals surface area contributed by atoms with Crippen LogP contribution in [0.15, 0.2) is 34.6 Å². The maximum atomic E-state index is 14.1. The molecule has 0 saturated heterocycles. The monoisotopic (exact) mass is 526 g/mol. The van der Waals surface area contributed by atoms with Crippen LogP contribution < -0.4 is 21.9 Å². The fraction of sp³-hybridized carbons (Fsp3) is 0.182. The van der Waals surface area contributed by atoms with Gasteiger partial charge in [-0.05, 0) is 52.7 Å². The van der Waals surface area contributed by atoms with E-state index >= 15 is 0 Å². The quantitative estimate of drug-likeness (QED) is 0.145. The molecule has 190 valence electrons. The number of benzene rings is 2. The van der Waals surface area contributed by atoms with Crippen molar-refractivity contribution in [1.29, 1.82) is 0 Å². The standard InChI is InChI=1S/C14H6B2F8.C8H6F2.F2/c1-15-3-5(9(19)13(23)11(21)7(3)17)16(2)6-4(15)8(18)12(22)14(24)10(6)20;1-7(2)5-3-4-6-8(9)10;1-2/h1-2H3;1-2H3;. The molecule has 2 aromatic carbocycles. The molecule has 1 aliphatic rings. The minimum atomic E-state index is -2.11. The highest BCUT2D eigenvalue weighted by atomic mass is 20.0. The molecule has 1 heterocycles. The molecule has 3 rings (SSSR count). The van der Waals surface area contributed by atoms with Crippen molar-refractivity contribution in [2.24, 2.45) is 0 Å². The van der Waals surface area contributed by atoms with Crippen molar-refractivity contribution >= 4 is 35.3 Å². The van der Waals surface area contributed by atoms with Crippen LogP contribution in [-0.2, 0) is 0 Å². The van der Waals surface area contributed by atoms with Crippen molar-refractivity contribution in [3.8, 4) is 0 Å². The van der Waals surface area contributed by atoms with E-state index in [9.17, 15) is 43.9 Å². The van der Waals surface area contributed by atoms with E-state index in [1.165, 1.54) is 0 Å². The number of hydrogen-bond donors (Lipinski definition) is 0. The lowest BCUT2D eigenvalue weighted by atomic mass is 9.25. The van der Waals surface area contributed by atoms with Gasteiger partial charge >= 0.3 is 6.08 Å². The van der Waals surface area contributed by atoms with Crippen molar-refractivity contribution in [2.75, 3.05) is 0 Å². The Kier molecular flexibility index (Phi) is 10.6. The number of rotatable bonds is 0. The lowest BCUT2D eigenvalue weighted by molar-refractivity contribution is 0.108. The molecule has 0 fully saturated rings. The van der Waals surface area contributed by atoms with Crippen LogP contribution in [-0.4, -0.2) is 13.4 Å². The molecule has 36 heavy (non-hydrogen) atoms. The second-order valence-electron chi connectivity index (χ2n) is 7.37. The van der Waals surface area contributed by atoms with Crippen LogP contribution in [0.1, 0.15) is 13.8 Å². The van der Waals surface area contributed by atoms with Crippen LogP contribution in [0, 0.1) is 46.5 Å². The molecule has 0 N–H and O–H groups in total. The molecule has 0 radical (unpaired) electrons. The average Bonchev–Trinajstić information content (AvgIpc) is 2.83. The summed E-state index contributed by atoms with van der Waals surface area (Å²) >= 11 is 0. The summed E-state index contributed by atoms with van der Waals surface area (Å²) in [6.45, 7) is 2.52. The molecule has 0 nitrogen and oxygen atoms in total. The second-order valence-corrected chi connectivity index (χ2v) is 7.37. The van der Waals surface area contributed by atoms with E-state index in [2.05, 4.69) is 11.5 Å². The van der Waals surface area contributed by atoms with Gasteiger partial charge in [-0.1, -0.05) is 19.4 Å². The highest BCUT2D eigenvalue weighted by Gasteiger charge is 2.44. The Labute approximate surface area is 197 Å². The maximum absolute atomic E-state index is 14.1. The van der Waals surface area contributed by atoms with E-state index in [0.717, 1.165) is 19.2 Å². The lowest BCUT2D eigenvalue weighted by Gasteiger charge is -2.29. The van der Waals surface area contributed by atoms with Gasteiger partial charge in [0, 0.05) is 14.9 Å². The van der Waals surface area contributed by atoms with Gasteiger partial charge in [0.25, 0.3) is 0 Å². The molecule has 0 bridgehead atoms. The Balaban J connectivity index is 0.000000458. The van der Waals surface area contributed by atoms with Gasteiger partial charge in [-0.3, -0.25) is 0 Å². The number of hydrogen-bond acceptors (Lipinski definition) is 0. The van der Waals surface area contributed by atoms with Gasteiger partial charge in [0.15, 0.2) is 46.5 Å². The SMILES string of the molecule is CB1c2c(F)c(F)c(F)c(F)c2B(C)c2c(F)c(F)c(F)c(F)c21.CC(C)=C=C=C=C=C(F)F.FF. The molecule has 0 spiro atoms. The molecule has 0 saturated carbocycles. The Morgan fingerprint density at radius 2 is 0.750 bits per heavy atom. The molecule has 2 aromatic rings. The van der Waals surface area contributed by atoms with E-state index in [0.29, 0.717) is 0 Å². The summed E-state index contributed by atoms with van der Waals surface area (Å²) < 4.78 is 149. The molecule has 0 atom stereocenters. The Morgan fingerprint density at radius 1 is 0.500 bits per heavy atom. The summed E-state index contributed by atoms with van der Waals surface area (Å²) in [5.41, 5.74) is 6.20. The summed E-state index contributed by atoms with van der Waals surface area (Å²) in [5.74, 6) is -15.6. The van der Waals surface area contributed by atoms with Crippen molar-refractivity contribution in [1.82, 2.24) is 0 Å². The summed E-state index contributed by atoms with van der Waals surface area (Å²) in [6, 6.07) is 0. The fourth-order valence-electron chi connectivity index (χ4n) is 3.55. The lowest BCUT2D eigenvalue weighted by Crippen LogP contribution is -2.71. The van der Waals surface area contributed by atoms with Crippen LogP contribution in [0.2, 0.25) is 13.6 Å². The van der Waals surface area contributed by atoms with Gasteiger partial charge in [0.1, 0.15) is 0 Å². The van der Waals surface area contributed by atoms with Crippen LogP contribution in [0.3, 0.4) is 0 Å². The van der Waals surface area contributed by atoms with Crippen LogP contribution in [0.25, 0.3) is 0 Å². The van der Waals surface area contributed by atoms with E-state index in [1.807, 2.05) is 5.73 Å². The topological polar surface area (TPSA) is 0 Å². The highest BCUT2D eigenvalue weighted by molar-refractivity contribution is 7.02. The van der Waals surface area contributed by atoms with Crippen molar-refractivity contribution in [3.63, 3.8) is 0 Å². The smallest absolute Gasteiger partial charge is 0.204 e. The molecule has 0 amide bonds. The fourth-order valence-corrected chi connectivity index (χ4v) is 3.55. The summed E-state index contributed by atoms with van der Waals surface area (Å²) in [4.78, 5) is 0. The third kappa shape index (κ3) is 5.86. The van der Waals surface area contributed by atoms with Crippen LogP contribution >= 0.6 is 0 Å². The molecular formula is C22H12B2F12. The molecule has 0 unspecified atom stereocenters. The summed E-state index contributed by atoms with van der Waals surface area (Å²) in [7, 11) is 0. The van der Waals surface area contributed by atoms with E-state index in [1.54, 1.807) is 19.6 Å². The van der Waals surface area contributed by atoms with Crippen molar-refractivity contribution in [3.05, 3.63) is 81.1 Å². The third-order valence-electron chi connectivity index (χ3n) is 4.95. The van der Waals surface area contributed by atoms with E-state index in [4.69, 9.17) is 9.15 Å². The Hall–Kier alpha value is -3.41. The molecule has 0 aromatic heterocycles. The number of allylic oxidation sites excluding steroid dienone is 1.